The molecule has 33 heavy (non-hydrogen) atoms. The summed E-state index contributed by atoms with van der Waals surface area (Å²) in [5.74, 6) is 0. The summed E-state index contributed by atoms with van der Waals surface area (Å²) in [5.41, 5.74) is 7.04. The Morgan fingerprint density at radius 2 is 1.12 bits per heavy atom. The highest BCUT2D eigenvalue weighted by molar-refractivity contribution is 7.25. The minimum Gasteiger partial charge on any atom is -0.300 e. The molecule has 0 saturated heterocycles. The first kappa shape index (κ1) is 19.7. The van der Waals surface area contributed by atoms with Crippen LogP contribution in [0.4, 0.5) is 0 Å². The number of rotatable bonds is 4. The van der Waals surface area contributed by atoms with Gasteiger partial charge in [0, 0.05) is 31.3 Å². The SMILES string of the molecule is N=C(c1cccc(-c2ccccc2)c1)c1cccc(-c2cccc3sc4ccccc4c23)c1. The second-order valence-corrected chi connectivity index (χ2v) is 9.26. The van der Waals surface area contributed by atoms with Crippen molar-refractivity contribution in [1.29, 1.82) is 5.41 Å². The van der Waals surface area contributed by atoms with E-state index in [1.165, 1.54) is 25.7 Å². The van der Waals surface area contributed by atoms with E-state index in [1.807, 2.05) is 47.7 Å². The van der Waals surface area contributed by atoms with Crippen LogP contribution in [0.25, 0.3) is 42.4 Å². The van der Waals surface area contributed by atoms with Gasteiger partial charge < -0.3 is 0 Å². The van der Waals surface area contributed by atoms with Gasteiger partial charge in [0.25, 0.3) is 0 Å². The van der Waals surface area contributed by atoms with Gasteiger partial charge in [-0.15, -0.1) is 11.3 Å². The number of hydrogen-bond acceptors (Lipinski definition) is 2. The summed E-state index contributed by atoms with van der Waals surface area (Å²) < 4.78 is 2.60. The van der Waals surface area contributed by atoms with E-state index in [-0.39, 0.29) is 0 Å². The highest BCUT2D eigenvalue weighted by Gasteiger charge is 2.12. The zero-order valence-electron chi connectivity index (χ0n) is 18.0. The van der Waals surface area contributed by atoms with Crippen LogP contribution in [0.3, 0.4) is 0 Å². The van der Waals surface area contributed by atoms with Crippen molar-refractivity contribution >= 4 is 37.2 Å². The molecule has 2 heteroatoms. The molecule has 1 aromatic heterocycles. The van der Waals surface area contributed by atoms with Gasteiger partial charge >= 0.3 is 0 Å². The Bertz CT molecular complexity index is 1630. The van der Waals surface area contributed by atoms with Gasteiger partial charge in [-0.1, -0.05) is 97.1 Å². The van der Waals surface area contributed by atoms with E-state index >= 15 is 0 Å². The molecule has 0 spiro atoms. The van der Waals surface area contributed by atoms with Crippen molar-refractivity contribution in [2.24, 2.45) is 0 Å². The lowest BCUT2D eigenvalue weighted by molar-refractivity contribution is 1.45. The maximum absolute atomic E-state index is 8.96. The van der Waals surface area contributed by atoms with Gasteiger partial charge in [0.05, 0.1) is 5.71 Å². The minimum absolute atomic E-state index is 0.539. The van der Waals surface area contributed by atoms with Crippen molar-refractivity contribution in [3.05, 3.63) is 132 Å². The van der Waals surface area contributed by atoms with E-state index in [0.717, 1.165) is 27.8 Å². The summed E-state index contributed by atoms with van der Waals surface area (Å²) in [6.45, 7) is 0. The molecule has 1 heterocycles. The van der Waals surface area contributed by atoms with E-state index in [1.54, 1.807) is 0 Å². The molecular formula is C31H21NS. The van der Waals surface area contributed by atoms with Crippen LogP contribution in [0.5, 0.6) is 0 Å². The third kappa shape index (κ3) is 3.55. The number of hydrogen-bond donors (Lipinski definition) is 1. The molecule has 6 aromatic rings. The topological polar surface area (TPSA) is 23.9 Å². The smallest absolute Gasteiger partial charge is 0.0684 e. The van der Waals surface area contributed by atoms with Crippen LogP contribution >= 0.6 is 11.3 Å². The Morgan fingerprint density at radius 1 is 0.515 bits per heavy atom. The molecule has 1 nitrogen and oxygen atoms in total. The minimum atomic E-state index is 0.539. The molecule has 0 amide bonds. The number of fused-ring (bicyclic) bond motifs is 3. The van der Waals surface area contributed by atoms with Gasteiger partial charge in [-0.3, -0.25) is 5.41 Å². The molecule has 0 bridgehead atoms. The summed E-state index contributed by atoms with van der Waals surface area (Å²) in [6.07, 6.45) is 0. The van der Waals surface area contributed by atoms with E-state index in [4.69, 9.17) is 5.41 Å². The molecule has 0 aliphatic heterocycles. The van der Waals surface area contributed by atoms with Crippen LogP contribution < -0.4 is 0 Å². The van der Waals surface area contributed by atoms with Gasteiger partial charge in [0.2, 0.25) is 0 Å². The van der Waals surface area contributed by atoms with Crippen LogP contribution in [0.15, 0.2) is 121 Å². The average Bonchev–Trinajstić information content (AvgIpc) is 3.28. The first-order chi connectivity index (χ1) is 16.3. The predicted molar refractivity (Wildman–Crippen MR) is 143 cm³/mol. The third-order valence-electron chi connectivity index (χ3n) is 6.12. The lowest BCUT2D eigenvalue weighted by atomic mass is 9.94. The molecule has 1 N–H and O–H groups in total. The molecule has 0 saturated carbocycles. The summed E-state index contributed by atoms with van der Waals surface area (Å²) in [6, 6.07) is 42.1. The maximum atomic E-state index is 8.96. The Labute approximate surface area is 197 Å². The molecule has 0 unspecified atom stereocenters. The van der Waals surface area contributed by atoms with Crippen molar-refractivity contribution in [2.75, 3.05) is 0 Å². The highest BCUT2D eigenvalue weighted by Crippen LogP contribution is 2.40. The second kappa shape index (κ2) is 8.16. The Balaban J connectivity index is 1.43. The molecule has 0 fully saturated rings. The molecule has 5 aromatic carbocycles. The maximum Gasteiger partial charge on any atom is 0.0684 e. The van der Waals surface area contributed by atoms with Crippen molar-refractivity contribution in [2.45, 2.75) is 0 Å². The Hall–Kier alpha value is -4.01. The fourth-order valence-corrected chi connectivity index (χ4v) is 5.64. The van der Waals surface area contributed by atoms with Crippen LogP contribution in [0.2, 0.25) is 0 Å². The van der Waals surface area contributed by atoms with Gasteiger partial charge in [-0.05, 0) is 46.5 Å². The van der Waals surface area contributed by atoms with Crippen molar-refractivity contribution in [3.63, 3.8) is 0 Å². The Kier molecular flexibility index (Phi) is 4.86. The molecule has 0 aliphatic carbocycles. The summed E-state index contributed by atoms with van der Waals surface area (Å²) in [5, 5.41) is 11.5. The Morgan fingerprint density at radius 3 is 1.94 bits per heavy atom. The number of thiophene rings is 1. The van der Waals surface area contributed by atoms with Gasteiger partial charge in [-0.2, -0.15) is 0 Å². The molecular weight excluding hydrogens is 418 g/mol. The standard InChI is InChI=1S/C31H21NS/c32-31(24-13-6-11-22(19-24)21-9-2-1-3-10-21)25-14-7-12-23(20-25)26-16-8-18-29-30(26)27-15-4-5-17-28(27)33-29/h1-20,32H. The van der Waals surface area contributed by atoms with Crippen molar-refractivity contribution in [1.82, 2.24) is 0 Å². The van der Waals surface area contributed by atoms with E-state index in [0.29, 0.717) is 5.71 Å². The van der Waals surface area contributed by atoms with Crippen LogP contribution in [-0.2, 0) is 0 Å². The summed E-state index contributed by atoms with van der Waals surface area (Å²) >= 11 is 1.84. The van der Waals surface area contributed by atoms with Crippen molar-refractivity contribution in [3.8, 4) is 22.3 Å². The zero-order chi connectivity index (χ0) is 22.2. The number of benzene rings is 5. The molecule has 0 atom stereocenters. The first-order valence-corrected chi connectivity index (χ1v) is 11.8. The van der Waals surface area contributed by atoms with Gasteiger partial charge in [-0.25, -0.2) is 0 Å². The van der Waals surface area contributed by atoms with E-state index in [2.05, 4.69) is 84.9 Å². The zero-order valence-corrected chi connectivity index (χ0v) is 18.8. The van der Waals surface area contributed by atoms with Crippen molar-refractivity contribution < 1.29 is 0 Å². The van der Waals surface area contributed by atoms with Gasteiger partial charge in [0.15, 0.2) is 0 Å². The van der Waals surface area contributed by atoms with Gasteiger partial charge in [0.1, 0.15) is 0 Å². The largest absolute Gasteiger partial charge is 0.300 e. The van der Waals surface area contributed by atoms with Crippen LogP contribution in [0, 0.1) is 5.41 Å². The lowest BCUT2D eigenvalue weighted by Crippen LogP contribution is -2.01. The molecule has 0 aliphatic rings. The van der Waals surface area contributed by atoms with Crippen LogP contribution in [0.1, 0.15) is 11.1 Å². The van der Waals surface area contributed by atoms with E-state index in [9.17, 15) is 0 Å². The van der Waals surface area contributed by atoms with E-state index < -0.39 is 0 Å². The quantitative estimate of drug-likeness (QED) is 0.265. The molecule has 6 rings (SSSR count). The fraction of sp³-hybridized carbons (Fsp3) is 0. The highest BCUT2D eigenvalue weighted by atomic mass is 32.1. The molecule has 0 radical (unpaired) electrons. The van der Waals surface area contributed by atoms with Crippen LogP contribution in [-0.4, -0.2) is 5.71 Å². The lowest BCUT2D eigenvalue weighted by Gasteiger charge is -2.10. The summed E-state index contributed by atoms with van der Waals surface area (Å²) in [4.78, 5) is 0. The fourth-order valence-electron chi connectivity index (χ4n) is 4.51. The monoisotopic (exact) mass is 439 g/mol. The third-order valence-corrected chi connectivity index (χ3v) is 7.26. The number of nitrogens with one attached hydrogen (secondary N) is 1. The summed E-state index contributed by atoms with van der Waals surface area (Å²) in [7, 11) is 0. The first-order valence-electron chi connectivity index (χ1n) is 11.0. The second-order valence-electron chi connectivity index (χ2n) is 8.18. The normalized spacial score (nSPS) is 11.2. The average molecular weight is 440 g/mol. The molecule has 156 valence electrons. The predicted octanol–water partition coefficient (Wildman–Crippen LogP) is 8.80.